The molecule has 1 fully saturated rings. The Balaban J connectivity index is 1.56. The second kappa shape index (κ2) is 9.36. The average Bonchev–Trinajstić information content (AvgIpc) is 3.09. The Kier molecular flexibility index (Phi) is 6.65. The number of rotatable bonds is 8. The number of imidazole rings is 1. The monoisotopic (exact) mass is 385 g/mol. The molecule has 0 radical (unpaired) electrons. The summed E-state index contributed by atoms with van der Waals surface area (Å²) in [5, 5.41) is 5.77. The Morgan fingerprint density at radius 3 is 3.04 bits per heavy atom. The molecule has 1 aliphatic heterocycles. The molecule has 2 amide bonds. The van der Waals surface area contributed by atoms with Gasteiger partial charge in [-0.2, -0.15) is 0 Å². The predicted octanol–water partition coefficient (Wildman–Crippen LogP) is 0.707. The van der Waals surface area contributed by atoms with Crippen molar-refractivity contribution in [2.45, 2.75) is 32.5 Å². The van der Waals surface area contributed by atoms with Crippen molar-refractivity contribution in [3.63, 3.8) is 0 Å². The minimum atomic E-state index is -0.477. The molecule has 150 valence electrons. The van der Waals surface area contributed by atoms with E-state index in [9.17, 15) is 9.59 Å². The molecule has 1 aliphatic rings. The van der Waals surface area contributed by atoms with Gasteiger partial charge in [-0.1, -0.05) is 12.1 Å². The van der Waals surface area contributed by atoms with Gasteiger partial charge in [0.15, 0.2) is 0 Å². The van der Waals surface area contributed by atoms with Crippen LogP contribution in [0.4, 0.5) is 0 Å². The Morgan fingerprint density at radius 2 is 2.29 bits per heavy atom. The van der Waals surface area contributed by atoms with Gasteiger partial charge in [0.1, 0.15) is 11.6 Å². The number of amides is 2. The van der Waals surface area contributed by atoms with E-state index in [0.29, 0.717) is 32.7 Å². The second-order valence-corrected chi connectivity index (χ2v) is 6.85. The number of carbonyl (C=O) groups is 2. The van der Waals surface area contributed by atoms with E-state index in [-0.39, 0.29) is 18.2 Å². The summed E-state index contributed by atoms with van der Waals surface area (Å²) >= 11 is 0. The molecule has 28 heavy (non-hydrogen) atoms. The third-order valence-electron chi connectivity index (χ3n) is 4.94. The van der Waals surface area contributed by atoms with Gasteiger partial charge in [-0.05, 0) is 24.6 Å². The summed E-state index contributed by atoms with van der Waals surface area (Å²) in [7, 11) is 1.63. The molecule has 1 atom stereocenters. The number of ether oxygens (including phenoxy) is 1. The van der Waals surface area contributed by atoms with Crippen LogP contribution in [0.2, 0.25) is 0 Å². The van der Waals surface area contributed by atoms with Crippen molar-refractivity contribution in [2.24, 2.45) is 0 Å². The zero-order valence-corrected chi connectivity index (χ0v) is 16.4. The number of aryl methyl sites for hydroxylation is 1. The summed E-state index contributed by atoms with van der Waals surface area (Å²) in [5.74, 6) is 1.46. The number of piperazine rings is 1. The Labute approximate surface area is 164 Å². The van der Waals surface area contributed by atoms with Gasteiger partial charge in [-0.3, -0.25) is 14.5 Å². The first-order valence-electron chi connectivity index (χ1n) is 9.46. The van der Waals surface area contributed by atoms with E-state index in [1.165, 1.54) is 0 Å². The summed E-state index contributed by atoms with van der Waals surface area (Å²) in [6, 6.07) is 7.29. The van der Waals surface area contributed by atoms with Crippen LogP contribution in [0.15, 0.2) is 36.7 Å². The molecular weight excluding hydrogens is 358 g/mol. The standard InChI is InChI=1S/C20H27N5O3/c1-15-21-6-9-24(15)10-7-22-19(26)13-18-20(27)23-8-11-25(18)14-16-4-3-5-17(12-16)28-2/h3-6,9,12,18H,7-8,10-11,13-14H2,1-2H3,(H,22,26)(H,23,27)/t18-/m0/s1. The predicted molar refractivity (Wildman–Crippen MR) is 105 cm³/mol. The van der Waals surface area contributed by atoms with Crippen LogP contribution in [-0.2, 0) is 22.7 Å². The number of carbonyl (C=O) groups excluding carboxylic acids is 2. The Hall–Kier alpha value is -2.87. The molecule has 0 bridgehead atoms. The number of hydrogen-bond donors (Lipinski definition) is 2. The SMILES string of the molecule is COc1cccc(CN2CCNC(=O)[C@@H]2CC(=O)NCCn2ccnc2C)c1. The molecule has 1 aromatic carbocycles. The minimum Gasteiger partial charge on any atom is -0.497 e. The first-order valence-corrected chi connectivity index (χ1v) is 9.46. The van der Waals surface area contributed by atoms with Gasteiger partial charge < -0.3 is 19.9 Å². The van der Waals surface area contributed by atoms with Gasteiger partial charge in [0.2, 0.25) is 11.8 Å². The van der Waals surface area contributed by atoms with Crippen molar-refractivity contribution in [1.29, 1.82) is 0 Å². The number of hydrogen-bond acceptors (Lipinski definition) is 5. The van der Waals surface area contributed by atoms with Crippen LogP contribution < -0.4 is 15.4 Å². The third kappa shape index (κ3) is 5.10. The zero-order chi connectivity index (χ0) is 19.9. The molecule has 1 aromatic heterocycles. The summed E-state index contributed by atoms with van der Waals surface area (Å²) in [4.78, 5) is 31.0. The lowest BCUT2D eigenvalue weighted by atomic mass is 10.1. The van der Waals surface area contributed by atoms with Gasteiger partial charge in [-0.25, -0.2) is 4.98 Å². The molecular formula is C20H27N5O3. The van der Waals surface area contributed by atoms with Crippen LogP contribution in [0.1, 0.15) is 17.8 Å². The van der Waals surface area contributed by atoms with E-state index in [0.717, 1.165) is 17.1 Å². The topological polar surface area (TPSA) is 88.5 Å². The van der Waals surface area contributed by atoms with Crippen LogP contribution in [0.25, 0.3) is 0 Å². The number of nitrogens with zero attached hydrogens (tertiary/aromatic N) is 3. The van der Waals surface area contributed by atoms with Crippen LogP contribution >= 0.6 is 0 Å². The van der Waals surface area contributed by atoms with Crippen molar-refractivity contribution in [3.8, 4) is 5.75 Å². The first kappa shape index (κ1) is 19.9. The number of nitrogens with one attached hydrogen (secondary N) is 2. The maximum atomic E-state index is 12.4. The van der Waals surface area contributed by atoms with Crippen LogP contribution in [0.3, 0.4) is 0 Å². The highest BCUT2D eigenvalue weighted by molar-refractivity contribution is 5.88. The number of benzene rings is 1. The molecule has 1 saturated heterocycles. The normalized spacial score (nSPS) is 17.2. The Bertz CT molecular complexity index is 820. The largest absolute Gasteiger partial charge is 0.497 e. The van der Waals surface area contributed by atoms with Gasteiger partial charge in [0, 0.05) is 45.1 Å². The van der Waals surface area contributed by atoms with E-state index in [1.54, 1.807) is 13.3 Å². The van der Waals surface area contributed by atoms with Crippen molar-refractivity contribution >= 4 is 11.8 Å². The molecule has 2 N–H and O–H groups in total. The lowest BCUT2D eigenvalue weighted by molar-refractivity contribution is -0.134. The average molecular weight is 385 g/mol. The van der Waals surface area contributed by atoms with E-state index >= 15 is 0 Å². The molecule has 8 nitrogen and oxygen atoms in total. The highest BCUT2D eigenvalue weighted by Gasteiger charge is 2.31. The molecule has 0 aliphatic carbocycles. The van der Waals surface area contributed by atoms with Gasteiger partial charge >= 0.3 is 0 Å². The fourth-order valence-corrected chi connectivity index (χ4v) is 3.38. The van der Waals surface area contributed by atoms with Crippen molar-refractivity contribution in [3.05, 3.63) is 48.0 Å². The zero-order valence-electron chi connectivity index (χ0n) is 16.4. The number of methoxy groups -OCH3 is 1. The maximum absolute atomic E-state index is 12.4. The lowest BCUT2D eigenvalue weighted by Crippen LogP contribution is -2.56. The van der Waals surface area contributed by atoms with Gasteiger partial charge in [-0.15, -0.1) is 0 Å². The molecule has 8 heteroatoms. The quantitative estimate of drug-likeness (QED) is 0.699. The van der Waals surface area contributed by atoms with Crippen molar-refractivity contribution in [2.75, 3.05) is 26.7 Å². The highest BCUT2D eigenvalue weighted by atomic mass is 16.5. The lowest BCUT2D eigenvalue weighted by Gasteiger charge is -2.34. The second-order valence-electron chi connectivity index (χ2n) is 6.85. The molecule has 3 rings (SSSR count). The smallest absolute Gasteiger partial charge is 0.237 e. The molecule has 0 unspecified atom stereocenters. The molecule has 2 heterocycles. The minimum absolute atomic E-state index is 0.102. The highest BCUT2D eigenvalue weighted by Crippen LogP contribution is 2.18. The number of aromatic nitrogens is 2. The summed E-state index contributed by atoms with van der Waals surface area (Å²) in [6.07, 6.45) is 3.75. The first-order chi connectivity index (χ1) is 13.6. The fourth-order valence-electron chi connectivity index (χ4n) is 3.38. The molecule has 2 aromatic rings. The van der Waals surface area contributed by atoms with Crippen molar-refractivity contribution < 1.29 is 14.3 Å². The summed E-state index contributed by atoms with van der Waals surface area (Å²) in [6.45, 7) is 4.96. The third-order valence-corrected chi connectivity index (χ3v) is 4.94. The van der Waals surface area contributed by atoms with E-state index < -0.39 is 6.04 Å². The fraction of sp³-hybridized carbons (Fsp3) is 0.450. The Morgan fingerprint density at radius 1 is 1.43 bits per heavy atom. The van der Waals surface area contributed by atoms with Crippen LogP contribution in [0, 0.1) is 6.92 Å². The molecule has 0 spiro atoms. The van der Waals surface area contributed by atoms with E-state index in [4.69, 9.17) is 4.74 Å². The summed E-state index contributed by atoms with van der Waals surface area (Å²) in [5.41, 5.74) is 1.05. The van der Waals surface area contributed by atoms with Crippen LogP contribution in [0.5, 0.6) is 5.75 Å². The van der Waals surface area contributed by atoms with E-state index in [2.05, 4.69) is 15.6 Å². The molecule has 0 saturated carbocycles. The van der Waals surface area contributed by atoms with Gasteiger partial charge in [0.05, 0.1) is 19.6 Å². The summed E-state index contributed by atoms with van der Waals surface area (Å²) < 4.78 is 7.25. The van der Waals surface area contributed by atoms with Crippen molar-refractivity contribution in [1.82, 2.24) is 25.1 Å². The van der Waals surface area contributed by atoms with Gasteiger partial charge in [0.25, 0.3) is 0 Å². The van der Waals surface area contributed by atoms with Crippen LogP contribution in [-0.4, -0.2) is 59.1 Å². The maximum Gasteiger partial charge on any atom is 0.237 e. The van der Waals surface area contributed by atoms with E-state index in [1.807, 2.05) is 46.9 Å².